The van der Waals surface area contributed by atoms with Gasteiger partial charge < -0.3 is 5.32 Å². The number of nitrogens with zero attached hydrogens (tertiary/aromatic N) is 2. The lowest BCUT2D eigenvalue weighted by Gasteiger charge is -2.11. The number of hydrogen-bond donors (Lipinski definition) is 1. The SMILES string of the molecule is CCCNc1nc(Cc2cccc(C)c2)nc(C)c1Br. The van der Waals surface area contributed by atoms with Gasteiger partial charge in [0.1, 0.15) is 11.6 Å². The molecular formula is C16H20BrN3. The number of anilines is 1. The van der Waals surface area contributed by atoms with Crippen LogP contribution >= 0.6 is 15.9 Å². The van der Waals surface area contributed by atoms with Crippen molar-refractivity contribution in [3.05, 3.63) is 51.4 Å². The van der Waals surface area contributed by atoms with Gasteiger partial charge in [-0.3, -0.25) is 0 Å². The molecule has 0 aliphatic carbocycles. The van der Waals surface area contributed by atoms with Crippen molar-refractivity contribution in [1.29, 1.82) is 0 Å². The average molecular weight is 334 g/mol. The Morgan fingerprint density at radius 3 is 2.70 bits per heavy atom. The minimum Gasteiger partial charge on any atom is -0.369 e. The average Bonchev–Trinajstić information content (AvgIpc) is 2.41. The van der Waals surface area contributed by atoms with E-state index in [1.165, 1.54) is 11.1 Å². The number of aryl methyl sites for hydroxylation is 2. The summed E-state index contributed by atoms with van der Waals surface area (Å²) < 4.78 is 0.957. The van der Waals surface area contributed by atoms with E-state index in [0.29, 0.717) is 0 Å². The summed E-state index contributed by atoms with van der Waals surface area (Å²) in [6.07, 6.45) is 1.83. The lowest BCUT2D eigenvalue weighted by molar-refractivity contribution is 0.910. The molecule has 106 valence electrons. The van der Waals surface area contributed by atoms with Crippen molar-refractivity contribution in [3.63, 3.8) is 0 Å². The predicted octanol–water partition coefficient (Wildman–Crippen LogP) is 4.27. The molecule has 1 N–H and O–H groups in total. The molecule has 0 saturated carbocycles. The van der Waals surface area contributed by atoms with Gasteiger partial charge in [0.2, 0.25) is 0 Å². The van der Waals surface area contributed by atoms with Gasteiger partial charge in [-0.2, -0.15) is 0 Å². The first-order valence-corrected chi connectivity index (χ1v) is 7.72. The molecule has 0 fully saturated rings. The molecule has 3 nitrogen and oxygen atoms in total. The topological polar surface area (TPSA) is 37.8 Å². The molecule has 0 aliphatic heterocycles. The van der Waals surface area contributed by atoms with Crippen LogP contribution in [-0.2, 0) is 6.42 Å². The van der Waals surface area contributed by atoms with E-state index in [2.05, 4.69) is 69.3 Å². The summed E-state index contributed by atoms with van der Waals surface area (Å²) in [5.74, 6) is 1.75. The Labute approximate surface area is 129 Å². The van der Waals surface area contributed by atoms with Crippen molar-refractivity contribution >= 4 is 21.7 Å². The summed E-state index contributed by atoms with van der Waals surface area (Å²) in [4.78, 5) is 9.19. The zero-order valence-electron chi connectivity index (χ0n) is 12.2. The predicted molar refractivity (Wildman–Crippen MR) is 87.2 cm³/mol. The summed E-state index contributed by atoms with van der Waals surface area (Å²) in [6.45, 7) is 7.16. The van der Waals surface area contributed by atoms with Gasteiger partial charge in [0.25, 0.3) is 0 Å². The molecule has 20 heavy (non-hydrogen) atoms. The minimum atomic E-state index is 0.761. The Bertz CT molecular complexity index is 596. The number of rotatable bonds is 5. The van der Waals surface area contributed by atoms with Gasteiger partial charge in [-0.1, -0.05) is 36.8 Å². The first-order chi connectivity index (χ1) is 9.60. The van der Waals surface area contributed by atoms with E-state index in [1.54, 1.807) is 0 Å². The smallest absolute Gasteiger partial charge is 0.144 e. The van der Waals surface area contributed by atoms with Gasteiger partial charge in [-0.25, -0.2) is 9.97 Å². The third-order valence-electron chi connectivity index (χ3n) is 3.05. The minimum absolute atomic E-state index is 0.761. The van der Waals surface area contributed by atoms with Crippen LogP contribution in [0.25, 0.3) is 0 Å². The van der Waals surface area contributed by atoms with E-state index in [0.717, 1.165) is 41.2 Å². The molecule has 0 amide bonds. The summed E-state index contributed by atoms with van der Waals surface area (Å²) in [6, 6.07) is 8.48. The first-order valence-electron chi connectivity index (χ1n) is 6.92. The highest BCUT2D eigenvalue weighted by Gasteiger charge is 2.09. The molecular weight excluding hydrogens is 314 g/mol. The molecule has 2 aromatic rings. The molecule has 0 atom stereocenters. The Balaban J connectivity index is 2.25. The first kappa shape index (κ1) is 15.0. The second kappa shape index (κ2) is 6.84. The van der Waals surface area contributed by atoms with Gasteiger partial charge in [0, 0.05) is 13.0 Å². The fraction of sp³-hybridized carbons (Fsp3) is 0.375. The molecule has 0 saturated heterocycles. The van der Waals surface area contributed by atoms with Crippen LogP contribution in [0.15, 0.2) is 28.7 Å². The third-order valence-corrected chi connectivity index (χ3v) is 4.00. The standard InChI is InChI=1S/C16H20BrN3/c1-4-8-18-16-15(17)12(3)19-14(20-16)10-13-7-5-6-11(2)9-13/h5-7,9H,4,8,10H2,1-3H3,(H,18,19,20). The maximum Gasteiger partial charge on any atom is 0.144 e. The lowest BCUT2D eigenvalue weighted by Crippen LogP contribution is -2.08. The summed E-state index contributed by atoms with van der Waals surface area (Å²) >= 11 is 3.55. The quantitative estimate of drug-likeness (QED) is 0.887. The Morgan fingerprint density at radius 2 is 2.00 bits per heavy atom. The molecule has 0 bridgehead atoms. The van der Waals surface area contributed by atoms with Crippen LogP contribution in [0.2, 0.25) is 0 Å². The number of hydrogen-bond acceptors (Lipinski definition) is 3. The van der Waals surface area contributed by atoms with Crippen LogP contribution in [0, 0.1) is 13.8 Å². The molecule has 1 heterocycles. The monoisotopic (exact) mass is 333 g/mol. The van der Waals surface area contributed by atoms with E-state index in [4.69, 9.17) is 0 Å². The van der Waals surface area contributed by atoms with E-state index in [9.17, 15) is 0 Å². The van der Waals surface area contributed by atoms with Gasteiger partial charge in [0.15, 0.2) is 0 Å². The van der Waals surface area contributed by atoms with E-state index >= 15 is 0 Å². The van der Waals surface area contributed by atoms with E-state index in [-0.39, 0.29) is 0 Å². The molecule has 2 rings (SSSR count). The maximum atomic E-state index is 4.63. The molecule has 0 unspecified atom stereocenters. The fourth-order valence-electron chi connectivity index (χ4n) is 2.06. The van der Waals surface area contributed by atoms with Gasteiger partial charge >= 0.3 is 0 Å². The highest BCUT2D eigenvalue weighted by molar-refractivity contribution is 9.10. The molecule has 1 aromatic carbocycles. The number of aromatic nitrogens is 2. The van der Waals surface area contributed by atoms with Gasteiger partial charge in [-0.05, 0) is 41.8 Å². The van der Waals surface area contributed by atoms with Crippen LogP contribution in [0.3, 0.4) is 0 Å². The molecule has 0 aliphatic rings. The van der Waals surface area contributed by atoms with Crippen molar-refractivity contribution in [2.75, 3.05) is 11.9 Å². The second-order valence-corrected chi connectivity index (χ2v) is 5.77. The molecule has 0 radical (unpaired) electrons. The Morgan fingerprint density at radius 1 is 1.20 bits per heavy atom. The van der Waals surface area contributed by atoms with Crippen molar-refractivity contribution < 1.29 is 0 Å². The largest absolute Gasteiger partial charge is 0.369 e. The number of halogens is 1. The van der Waals surface area contributed by atoms with Crippen LogP contribution in [0.4, 0.5) is 5.82 Å². The van der Waals surface area contributed by atoms with Crippen molar-refractivity contribution in [2.45, 2.75) is 33.6 Å². The van der Waals surface area contributed by atoms with E-state index < -0.39 is 0 Å². The third kappa shape index (κ3) is 3.79. The lowest BCUT2D eigenvalue weighted by atomic mass is 10.1. The summed E-state index contributed by atoms with van der Waals surface area (Å²) in [5, 5.41) is 3.34. The molecule has 4 heteroatoms. The zero-order valence-corrected chi connectivity index (χ0v) is 13.8. The van der Waals surface area contributed by atoms with Crippen molar-refractivity contribution in [3.8, 4) is 0 Å². The van der Waals surface area contributed by atoms with Crippen LogP contribution in [0.1, 0.15) is 36.0 Å². The van der Waals surface area contributed by atoms with Crippen LogP contribution < -0.4 is 5.32 Å². The van der Waals surface area contributed by atoms with Crippen molar-refractivity contribution in [2.24, 2.45) is 0 Å². The van der Waals surface area contributed by atoms with Crippen LogP contribution in [-0.4, -0.2) is 16.5 Å². The Hall–Kier alpha value is -1.42. The zero-order chi connectivity index (χ0) is 14.5. The molecule has 0 spiro atoms. The van der Waals surface area contributed by atoms with E-state index in [1.807, 2.05) is 6.92 Å². The number of benzene rings is 1. The summed E-state index contributed by atoms with van der Waals surface area (Å²) in [7, 11) is 0. The second-order valence-electron chi connectivity index (χ2n) is 4.98. The van der Waals surface area contributed by atoms with Gasteiger partial charge in [0.05, 0.1) is 10.2 Å². The molecule has 1 aromatic heterocycles. The normalized spacial score (nSPS) is 10.6. The summed E-state index contributed by atoms with van der Waals surface area (Å²) in [5.41, 5.74) is 3.48. The van der Waals surface area contributed by atoms with Crippen molar-refractivity contribution in [1.82, 2.24) is 9.97 Å². The Kier molecular flexibility index (Phi) is 5.12. The van der Waals surface area contributed by atoms with Gasteiger partial charge in [-0.15, -0.1) is 0 Å². The maximum absolute atomic E-state index is 4.63. The highest BCUT2D eigenvalue weighted by atomic mass is 79.9. The van der Waals surface area contributed by atoms with Crippen LogP contribution in [0.5, 0.6) is 0 Å². The fourth-order valence-corrected chi connectivity index (χ4v) is 2.38. The highest BCUT2D eigenvalue weighted by Crippen LogP contribution is 2.23. The number of nitrogens with one attached hydrogen (secondary N) is 1.